The average Bonchev–Trinajstić information content (AvgIpc) is 2.83. The predicted molar refractivity (Wildman–Crippen MR) is 85.7 cm³/mol. The monoisotopic (exact) mass is 316 g/mol. The fourth-order valence-electron chi connectivity index (χ4n) is 2.72. The molecule has 0 bridgehead atoms. The van der Waals surface area contributed by atoms with Crippen molar-refractivity contribution < 1.29 is 9.90 Å². The molecule has 1 aliphatic rings. The normalized spacial score (nSPS) is 19.5. The van der Waals surface area contributed by atoms with Crippen molar-refractivity contribution in [2.75, 3.05) is 0 Å². The third-order valence-corrected chi connectivity index (χ3v) is 4.11. The maximum absolute atomic E-state index is 12.0. The molecule has 1 aliphatic carbocycles. The third-order valence-electron chi connectivity index (χ3n) is 3.86. The number of benzene rings is 2. The Hall–Kier alpha value is -2.04. The smallest absolute Gasteiger partial charge is 0.315 e. The Labute approximate surface area is 134 Å². The number of hydrogen-bond acceptors (Lipinski definition) is 2. The minimum absolute atomic E-state index is 0.296. The van der Waals surface area contributed by atoms with Crippen LogP contribution in [-0.2, 0) is 13.0 Å². The number of amides is 2. The van der Waals surface area contributed by atoms with Crippen LogP contribution in [0.25, 0.3) is 0 Å². The Bertz CT molecular complexity index is 673. The Morgan fingerprint density at radius 2 is 1.91 bits per heavy atom. The van der Waals surface area contributed by atoms with Gasteiger partial charge in [0.15, 0.2) is 0 Å². The fraction of sp³-hybridized carbons (Fsp3) is 0.235. The molecule has 0 fully saturated rings. The quantitative estimate of drug-likeness (QED) is 0.815. The summed E-state index contributed by atoms with van der Waals surface area (Å²) in [5.74, 6) is 0. The maximum atomic E-state index is 12.0. The molecule has 2 aromatic rings. The van der Waals surface area contributed by atoms with Gasteiger partial charge >= 0.3 is 6.03 Å². The number of rotatable bonds is 3. The highest BCUT2D eigenvalue weighted by Gasteiger charge is 2.31. The topological polar surface area (TPSA) is 61.4 Å². The van der Waals surface area contributed by atoms with Gasteiger partial charge in [-0.15, -0.1) is 0 Å². The van der Waals surface area contributed by atoms with Gasteiger partial charge in [-0.25, -0.2) is 4.79 Å². The molecule has 2 amide bonds. The Morgan fingerprint density at radius 3 is 2.68 bits per heavy atom. The highest BCUT2D eigenvalue weighted by Crippen LogP contribution is 2.31. The summed E-state index contributed by atoms with van der Waals surface area (Å²) in [6.07, 6.45) is -0.0168. The fourth-order valence-corrected chi connectivity index (χ4v) is 2.85. The summed E-state index contributed by atoms with van der Waals surface area (Å²) in [5, 5.41) is 16.4. The van der Waals surface area contributed by atoms with Crippen LogP contribution in [0.5, 0.6) is 0 Å². The van der Waals surface area contributed by atoms with Crippen molar-refractivity contribution in [3.63, 3.8) is 0 Å². The molecule has 0 aromatic heterocycles. The second-order valence-corrected chi connectivity index (χ2v) is 5.84. The van der Waals surface area contributed by atoms with Crippen LogP contribution in [0, 0.1) is 0 Å². The maximum Gasteiger partial charge on any atom is 0.315 e. The van der Waals surface area contributed by atoms with E-state index >= 15 is 0 Å². The van der Waals surface area contributed by atoms with Gasteiger partial charge in [-0.3, -0.25) is 0 Å². The van der Waals surface area contributed by atoms with Crippen molar-refractivity contribution in [1.29, 1.82) is 0 Å². The van der Waals surface area contributed by atoms with Gasteiger partial charge in [0, 0.05) is 18.0 Å². The number of urea groups is 1. The SMILES string of the molecule is O=C(NCc1ccc(Cl)cc1)NC1c2ccccc2CC1O. The molecular formula is C17H17ClN2O2. The molecule has 5 heteroatoms. The number of carbonyl (C=O) groups excluding carboxylic acids is 1. The summed E-state index contributed by atoms with van der Waals surface area (Å²) in [6, 6.07) is 14.4. The van der Waals surface area contributed by atoms with Crippen LogP contribution < -0.4 is 10.6 Å². The molecule has 2 atom stereocenters. The number of nitrogens with one attached hydrogen (secondary N) is 2. The van der Waals surface area contributed by atoms with Crippen molar-refractivity contribution in [3.8, 4) is 0 Å². The highest BCUT2D eigenvalue weighted by molar-refractivity contribution is 6.30. The molecule has 0 saturated carbocycles. The minimum atomic E-state index is -0.585. The first kappa shape index (κ1) is 14.9. The Morgan fingerprint density at radius 1 is 1.18 bits per heavy atom. The van der Waals surface area contributed by atoms with Crippen LogP contribution in [0.4, 0.5) is 4.79 Å². The van der Waals surface area contributed by atoms with E-state index in [1.54, 1.807) is 12.1 Å². The van der Waals surface area contributed by atoms with Crippen molar-refractivity contribution in [2.24, 2.45) is 0 Å². The van der Waals surface area contributed by atoms with Gasteiger partial charge in [-0.2, -0.15) is 0 Å². The molecule has 4 nitrogen and oxygen atoms in total. The van der Waals surface area contributed by atoms with E-state index in [4.69, 9.17) is 11.6 Å². The second-order valence-electron chi connectivity index (χ2n) is 5.40. The van der Waals surface area contributed by atoms with Gasteiger partial charge < -0.3 is 15.7 Å². The largest absolute Gasteiger partial charge is 0.390 e. The van der Waals surface area contributed by atoms with Gasteiger partial charge in [0.05, 0.1) is 12.1 Å². The lowest BCUT2D eigenvalue weighted by molar-refractivity contribution is 0.142. The number of carbonyl (C=O) groups is 1. The molecule has 0 saturated heterocycles. The summed E-state index contributed by atoms with van der Waals surface area (Å²) in [5.41, 5.74) is 3.03. The third kappa shape index (κ3) is 3.24. The molecule has 3 rings (SSSR count). The molecule has 3 N–H and O–H groups in total. The van der Waals surface area contributed by atoms with Gasteiger partial charge in [-0.05, 0) is 28.8 Å². The number of hydrogen-bond donors (Lipinski definition) is 3. The number of fused-ring (bicyclic) bond motifs is 1. The zero-order valence-electron chi connectivity index (χ0n) is 11.9. The predicted octanol–water partition coefficient (Wildman–Crippen LogP) is 2.80. The molecule has 0 radical (unpaired) electrons. The van der Waals surface area contributed by atoms with E-state index in [2.05, 4.69) is 10.6 Å². The lowest BCUT2D eigenvalue weighted by Crippen LogP contribution is -2.40. The van der Waals surface area contributed by atoms with Crippen molar-refractivity contribution >= 4 is 17.6 Å². The van der Waals surface area contributed by atoms with Crippen molar-refractivity contribution in [3.05, 3.63) is 70.2 Å². The number of halogens is 1. The minimum Gasteiger partial charge on any atom is -0.390 e. The van der Waals surface area contributed by atoms with Crippen LogP contribution in [0.1, 0.15) is 22.7 Å². The summed E-state index contributed by atoms with van der Waals surface area (Å²) in [4.78, 5) is 12.0. The first-order valence-electron chi connectivity index (χ1n) is 7.18. The zero-order chi connectivity index (χ0) is 15.5. The lowest BCUT2D eigenvalue weighted by Gasteiger charge is -2.18. The van der Waals surface area contributed by atoms with Gasteiger partial charge in [-0.1, -0.05) is 48.0 Å². The first-order valence-corrected chi connectivity index (χ1v) is 7.56. The van der Waals surface area contributed by atoms with E-state index in [9.17, 15) is 9.90 Å². The average molecular weight is 317 g/mol. The highest BCUT2D eigenvalue weighted by atomic mass is 35.5. The number of aliphatic hydroxyl groups is 1. The Balaban J connectivity index is 1.59. The van der Waals surface area contributed by atoms with E-state index in [1.807, 2.05) is 36.4 Å². The standard InChI is InChI=1S/C17H17ClN2O2/c18-13-7-5-11(6-8-13)10-19-17(22)20-16-14-4-2-1-3-12(14)9-15(16)21/h1-8,15-16,21H,9-10H2,(H2,19,20,22). The molecule has 114 valence electrons. The van der Waals surface area contributed by atoms with Crippen LogP contribution in [0.15, 0.2) is 48.5 Å². The van der Waals surface area contributed by atoms with Crippen molar-refractivity contribution in [1.82, 2.24) is 10.6 Å². The van der Waals surface area contributed by atoms with Gasteiger partial charge in [0.2, 0.25) is 0 Å². The second kappa shape index (κ2) is 6.38. The molecule has 2 unspecified atom stereocenters. The van der Waals surface area contributed by atoms with E-state index in [-0.39, 0.29) is 12.1 Å². The number of aliphatic hydroxyl groups excluding tert-OH is 1. The summed E-state index contributed by atoms with van der Waals surface area (Å²) < 4.78 is 0. The molecule has 2 aromatic carbocycles. The lowest BCUT2D eigenvalue weighted by atomic mass is 10.1. The molecule has 0 spiro atoms. The van der Waals surface area contributed by atoms with Crippen LogP contribution in [0.3, 0.4) is 0 Å². The summed E-state index contributed by atoms with van der Waals surface area (Å²) >= 11 is 5.82. The van der Waals surface area contributed by atoms with Crippen LogP contribution in [-0.4, -0.2) is 17.2 Å². The van der Waals surface area contributed by atoms with E-state index in [0.717, 1.165) is 16.7 Å². The van der Waals surface area contributed by atoms with Crippen LogP contribution in [0.2, 0.25) is 5.02 Å². The first-order chi connectivity index (χ1) is 10.6. The Kier molecular flexibility index (Phi) is 4.32. The van der Waals surface area contributed by atoms with Gasteiger partial charge in [0.1, 0.15) is 0 Å². The van der Waals surface area contributed by atoms with E-state index in [0.29, 0.717) is 18.0 Å². The molecule has 0 aliphatic heterocycles. The van der Waals surface area contributed by atoms with Crippen molar-refractivity contribution in [2.45, 2.75) is 25.1 Å². The zero-order valence-corrected chi connectivity index (χ0v) is 12.7. The summed E-state index contributed by atoms with van der Waals surface area (Å²) in [7, 11) is 0. The molecule has 0 heterocycles. The molecular weight excluding hydrogens is 300 g/mol. The van der Waals surface area contributed by atoms with Crippen LogP contribution >= 0.6 is 11.6 Å². The molecule has 22 heavy (non-hydrogen) atoms. The van der Waals surface area contributed by atoms with E-state index < -0.39 is 6.10 Å². The van der Waals surface area contributed by atoms with Gasteiger partial charge in [0.25, 0.3) is 0 Å². The van der Waals surface area contributed by atoms with E-state index in [1.165, 1.54) is 0 Å². The summed E-state index contributed by atoms with van der Waals surface area (Å²) in [6.45, 7) is 0.410.